The zero-order valence-electron chi connectivity index (χ0n) is 20.5. The third kappa shape index (κ3) is 4.66. The number of ketones is 1. The predicted molar refractivity (Wildman–Crippen MR) is 137 cm³/mol. The minimum Gasteiger partial charge on any atom is -0.507 e. The molecule has 0 bridgehead atoms. The molecule has 0 amide bonds. The number of piperazine rings is 1. The minimum absolute atomic E-state index is 0.109. The van der Waals surface area contributed by atoms with Crippen molar-refractivity contribution in [3.8, 4) is 17.2 Å². The Bertz CT molecular complexity index is 1310. The van der Waals surface area contributed by atoms with Crippen LogP contribution in [0.15, 0.2) is 60.4 Å². The van der Waals surface area contributed by atoms with Gasteiger partial charge in [0, 0.05) is 32.7 Å². The summed E-state index contributed by atoms with van der Waals surface area (Å²) in [5.41, 5.74) is 3.19. The molecule has 1 saturated heterocycles. The molecule has 0 spiro atoms. The van der Waals surface area contributed by atoms with Crippen molar-refractivity contribution in [1.29, 1.82) is 0 Å². The number of halogens is 1. The van der Waals surface area contributed by atoms with E-state index < -0.39 is 0 Å². The summed E-state index contributed by atoms with van der Waals surface area (Å²) in [6.45, 7) is 7.46. The van der Waals surface area contributed by atoms with E-state index in [9.17, 15) is 14.3 Å². The number of allylic oxidation sites excluding steroid dienone is 1. The average Bonchev–Trinajstić information content (AvgIpc) is 3.20. The lowest BCUT2D eigenvalue weighted by Crippen LogP contribution is -2.46. The van der Waals surface area contributed by atoms with Crippen LogP contribution in [-0.4, -0.2) is 48.6 Å². The van der Waals surface area contributed by atoms with Crippen molar-refractivity contribution in [3.05, 3.63) is 88.4 Å². The number of benzene rings is 3. The quantitative estimate of drug-likeness (QED) is 0.483. The van der Waals surface area contributed by atoms with Crippen LogP contribution in [0, 0.1) is 12.7 Å². The van der Waals surface area contributed by atoms with Crippen LogP contribution in [0.1, 0.15) is 34.0 Å². The van der Waals surface area contributed by atoms with Crippen molar-refractivity contribution < 1.29 is 23.8 Å². The molecule has 1 fully saturated rings. The van der Waals surface area contributed by atoms with E-state index in [1.807, 2.05) is 42.2 Å². The number of carbonyl (C=O) groups is 1. The number of nitrogens with zero attached hydrogens (tertiary/aromatic N) is 2. The summed E-state index contributed by atoms with van der Waals surface area (Å²) in [5.74, 6) is 1.11. The van der Waals surface area contributed by atoms with E-state index in [-0.39, 0.29) is 23.1 Å². The molecule has 0 unspecified atom stereocenters. The third-order valence-corrected chi connectivity index (χ3v) is 6.66. The number of carbonyl (C=O) groups excluding carboxylic acids is 1. The van der Waals surface area contributed by atoms with E-state index in [2.05, 4.69) is 4.90 Å². The number of Topliss-reactive ketones (excluding diaryl/α,β-unsaturated/α-hetero) is 1. The number of aromatic hydroxyl groups is 1. The first-order valence-corrected chi connectivity index (χ1v) is 12.2. The first-order valence-electron chi connectivity index (χ1n) is 12.2. The SMILES string of the molecule is CCOc1ccc(/C=C2\Oc3c(CN4CCN(c5ccccc5F)CC4)c(O)cc(C)c3C2=O)cc1. The van der Waals surface area contributed by atoms with Gasteiger partial charge in [-0.25, -0.2) is 4.39 Å². The van der Waals surface area contributed by atoms with Crippen LogP contribution in [0.2, 0.25) is 0 Å². The number of fused-ring (bicyclic) bond motifs is 1. The fourth-order valence-corrected chi connectivity index (χ4v) is 4.79. The normalized spacial score (nSPS) is 16.8. The Labute approximate surface area is 210 Å². The van der Waals surface area contributed by atoms with Crippen molar-refractivity contribution in [3.63, 3.8) is 0 Å². The zero-order chi connectivity index (χ0) is 25.2. The summed E-state index contributed by atoms with van der Waals surface area (Å²) in [6, 6.07) is 15.9. The van der Waals surface area contributed by atoms with E-state index in [0.29, 0.717) is 67.5 Å². The number of para-hydroxylation sites is 1. The molecule has 3 aromatic carbocycles. The summed E-state index contributed by atoms with van der Waals surface area (Å²) in [7, 11) is 0. The molecular formula is C29H29FN2O4. The maximum Gasteiger partial charge on any atom is 0.232 e. The number of phenolic OH excluding ortho intramolecular Hbond substituents is 1. The van der Waals surface area contributed by atoms with Crippen LogP contribution in [0.5, 0.6) is 17.2 Å². The van der Waals surface area contributed by atoms with Crippen molar-refractivity contribution in [2.45, 2.75) is 20.4 Å². The zero-order valence-corrected chi connectivity index (χ0v) is 20.5. The highest BCUT2D eigenvalue weighted by Gasteiger charge is 2.34. The van der Waals surface area contributed by atoms with Gasteiger partial charge in [0.1, 0.15) is 23.1 Å². The third-order valence-electron chi connectivity index (χ3n) is 6.66. The molecule has 186 valence electrons. The van der Waals surface area contributed by atoms with E-state index in [1.54, 1.807) is 31.2 Å². The van der Waals surface area contributed by atoms with Gasteiger partial charge in [0.2, 0.25) is 5.78 Å². The molecule has 2 heterocycles. The lowest BCUT2D eigenvalue weighted by Gasteiger charge is -2.36. The van der Waals surface area contributed by atoms with Crippen LogP contribution < -0.4 is 14.4 Å². The highest BCUT2D eigenvalue weighted by molar-refractivity contribution is 6.15. The van der Waals surface area contributed by atoms with Gasteiger partial charge in [-0.2, -0.15) is 0 Å². The molecule has 5 rings (SSSR count). The molecule has 7 heteroatoms. The minimum atomic E-state index is -0.223. The van der Waals surface area contributed by atoms with Crippen molar-refractivity contribution in [2.75, 3.05) is 37.7 Å². The molecule has 2 aliphatic rings. The van der Waals surface area contributed by atoms with Gasteiger partial charge < -0.3 is 19.5 Å². The molecule has 1 N–H and O–H groups in total. The number of rotatable bonds is 6. The first kappa shape index (κ1) is 23.9. The second kappa shape index (κ2) is 10.0. The highest BCUT2D eigenvalue weighted by atomic mass is 19.1. The largest absolute Gasteiger partial charge is 0.507 e. The Morgan fingerprint density at radius 1 is 1.08 bits per heavy atom. The van der Waals surface area contributed by atoms with Gasteiger partial charge in [-0.15, -0.1) is 0 Å². The van der Waals surface area contributed by atoms with Gasteiger partial charge in [0.15, 0.2) is 5.76 Å². The van der Waals surface area contributed by atoms with E-state index in [4.69, 9.17) is 9.47 Å². The molecule has 0 saturated carbocycles. The summed E-state index contributed by atoms with van der Waals surface area (Å²) in [4.78, 5) is 17.4. The Morgan fingerprint density at radius 3 is 2.50 bits per heavy atom. The van der Waals surface area contributed by atoms with Crippen molar-refractivity contribution >= 4 is 17.5 Å². The van der Waals surface area contributed by atoms with E-state index in [1.165, 1.54) is 6.07 Å². The van der Waals surface area contributed by atoms with Gasteiger partial charge >= 0.3 is 0 Å². The molecular weight excluding hydrogens is 459 g/mol. The second-order valence-electron chi connectivity index (χ2n) is 9.05. The first-order chi connectivity index (χ1) is 17.4. The van der Waals surface area contributed by atoms with Gasteiger partial charge in [-0.05, 0) is 61.4 Å². The number of aryl methyl sites for hydroxylation is 1. The molecule has 0 radical (unpaired) electrons. The fraction of sp³-hybridized carbons (Fsp3) is 0.276. The number of phenols is 1. The van der Waals surface area contributed by atoms with Crippen LogP contribution in [0.4, 0.5) is 10.1 Å². The molecule has 0 aromatic heterocycles. The molecule has 3 aromatic rings. The standard InChI is InChI=1S/C29H29FN2O4/c1-3-35-21-10-8-20(9-11-21)17-26-28(34)27-19(2)16-25(33)22(29(27)36-26)18-31-12-14-32(15-13-31)24-7-5-4-6-23(24)30/h4-11,16-17,33H,3,12-15,18H2,1-2H3/b26-17-. The lowest BCUT2D eigenvalue weighted by atomic mass is 9.99. The van der Waals surface area contributed by atoms with Crippen molar-refractivity contribution in [2.24, 2.45) is 0 Å². The fourth-order valence-electron chi connectivity index (χ4n) is 4.79. The van der Waals surface area contributed by atoms with Crippen LogP contribution in [-0.2, 0) is 6.54 Å². The summed E-state index contributed by atoms with van der Waals surface area (Å²) in [6.07, 6.45) is 1.71. The van der Waals surface area contributed by atoms with E-state index in [0.717, 1.165) is 11.3 Å². The number of hydrogen-bond donors (Lipinski definition) is 1. The van der Waals surface area contributed by atoms with Crippen LogP contribution in [0.3, 0.4) is 0 Å². The second-order valence-corrected chi connectivity index (χ2v) is 9.05. The van der Waals surface area contributed by atoms with Crippen LogP contribution >= 0.6 is 0 Å². The summed E-state index contributed by atoms with van der Waals surface area (Å²) in [5, 5.41) is 10.8. The predicted octanol–water partition coefficient (Wildman–Crippen LogP) is 5.18. The van der Waals surface area contributed by atoms with Crippen LogP contribution in [0.25, 0.3) is 6.08 Å². The van der Waals surface area contributed by atoms with Gasteiger partial charge in [0.05, 0.1) is 23.4 Å². The van der Waals surface area contributed by atoms with Gasteiger partial charge in [-0.1, -0.05) is 24.3 Å². The Hall–Kier alpha value is -3.84. The van der Waals surface area contributed by atoms with Crippen molar-refractivity contribution in [1.82, 2.24) is 4.90 Å². The topological polar surface area (TPSA) is 62.2 Å². The van der Waals surface area contributed by atoms with Gasteiger partial charge in [0.25, 0.3) is 0 Å². The Balaban J connectivity index is 1.34. The number of anilines is 1. The van der Waals surface area contributed by atoms with Gasteiger partial charge in [-0.3, -0.25) is 9.69 Å². The molecule has 36 heavy (non-hydrogen) atoms. The molecule has 6 nitrogen and oxygen atoms in total. The average molecular weight is 489 g/mol. The smallest absolute Gasteiger partial charge is 0.232 e. The van der Waals surface area contributed by atoms with E-state index >= 15 is 0 Å². The molecule has 2 aliphatic heterocycles. The summed E-state index contributed by atoms with van der Waals surface area (Å²) >= 11 is 0. The maximum absolute atomic E-state index is 14.2. The monoisotopic (exact) mass is 488 g/mol. The molecule has 0 aliphatic carbocycles. The Kier molecular flexibility index (Phi) is 6.65. The molecule has 0 atom stereocenters. The maximum atomic E-state index is 14.2. The lowest BCUT2D eigenvalue weighted by molar-refractivity contribution is 0.101. The summed E-state index contributed by atoms with van der Waals surface area (Å²) < 4.78 is 25.8. The highest BCUT2D eigenvalue weighted by Crippen LogP contribution is 2.42. The number of ether oxygens (including phenoxy) is 2. The Morgan fingerprint density at radius 2 is 1.81 bits per heavy atom. The number of hydrogen-bond acceptors (Lipinski definition) is 6.